The van der Waals surface area contributed by atoms with Gasteiger partial charge in [-0.2, -0.15) is 0 Å². The highest BCUT2D eigenvalue weighted by molar-refractivity contribution is 5.62. The highest BCUT2D eigenvalue weighted by Gasteiger charge is 2.35. The normalized spacial score (nSPS) is 11.4. The van der Waals surface area contributed by atoms with Gasteiger partial charge in [0.15, 0.2) is 0 Å². The van der Waals surface area contributed by atoms with Crippen LogP contribution in [0.1, 0.15) is 23.6 Å². The first-order valence-electron chi connectivity index (χ1n) is 7.66. The van der Waals surface area contributed by atoms with Gasteiger partial charge in [0.05, 0.1) is 0 Å². The van der Waals surface area contributed by atoms with Gasteiger partial charge in [-0.05, 0) is 24.6 Å². The summed E-state index contributed by atoms with van der Waals surface area (Å²) < 4.78 is 0. The van der Waals surface area contributed by atoms with Crippen LogP contribution in [0.15, 0.2) is 66.7 Å². The van der Waals surface area contributed by atoms with Crippen molar-refractivity contribution in [2.45, 2.75) is 12.3 Å². The average Bonchev–Trinajstić information content (AvgIpc) is 2.55. The molecule has 0 aliphatic carbocycles. The molecule has 4 heteroatoms. The number of aromatic hydroxyl groups is 2. The summed E-state index contributed by atoms with van der Waals surface area (Å²) in [5.74, 6) is 0.162. The topological polar surface area (TPSA) is 92.5 Å². The van der Waals surface area contributed by atoms with Crippen LogP contribution < -0.4 is 11.5 Å². The molecule has 3 rings (SSSR count). The minimum atomic E-state index is -0.767. The molecule has 0 spiro atoms. The average molecular weight is 320 g/mol. The molecule has 3 aromatic rings. The molecule has 0 aliphatic rings. The van der Waals surface area contributed by atoms with Crippen molar-refractivity contribution in [3.8, 4) is 11.5 Å². The number of phenols is 2. The maximum absolute atomic E-state index is 10.5. The predicted octanol–water partition coefficient (Wildman–Crippen LogP) is 3.62. The Morgan fingerprint density at radius 2 is 1.17 bits per heavy atom. The van der Waals surface area contributed by atoms with Crippen LogP contribution in [0.5, 0.6) is 11.5 Å². The fraction of sp³-hybridized carbons (Fsp3) is 0.100. The van der Waals surface area contributed by atoms with Crippen LogP contribution in [0.2, 0.25) is 0 Å². The molecule has 0 radical (unpaired) electrons. The van der Waals surface area contributed by atoms with Gasteiger partial charge in [0.25, 0.3) is 0 Å². The number of nitrogens with two attached hydrogens (primary N) is 2. The molecule has 0 heterocycles. The zero-order chi connectivity index (χ0) is 17.3. The summed E-state index contributed by atoms with van der Waals surface area (Å²) in [6.45, 7) is 1.96. The van der Waals surface area contributed by atoms with Gasteiger partial charge >= 0.3 is 0 Å². The molecular weight excluding hydrogens is 300 g/mol. The first-order valence-corrected chi connectivity index (χ1v) is 7.66. The zero-order valence-corrected chi connectivity index (χ0v) is 13.4. The van der Waals surface area contributed by atoms with E-state index >= 15 is 0 Å². The third-order valence-electron chi connectivity index (χ3n) is 4.47. The lowest BCUT2D eigenvalue weighted by atomic mass is 9.70. The van der Waals surface area contributed by atoms with E-state index in [0.717, 1.165) is 5.56 Å². The molecule has 0 aliphatic heterocycles. The van der Waals surface area contributed by atoms with Gasteiger partial charge in [0.1, 0.15) is 11.5 Å². The summed E-state index contributed by atoms with van der Waals surface area (Å²) in [5.41, 5.74) is 14.0. The van der Waals surface area contributed by atoms with E-state index in [0.29, 0.717) is 22.5 Å². The number of nitrogen functional groups attached to an aromatic ring is 2. The zero-order valence-electron chi connectivity index (χ0n) is 13.4. The van der Waals surface area contributed by atoms with Crippen molar-refractivity contribution in [1.29, 1.82) is 0 Å². The minimum Gasteiger partial charge on any atom is -0.508 e. The maximum atomic E-state index is 10.5. The molecule has 0 saturated heterocycles. The van der Waals surface area contributed by atoms with Crippen LogP contribution >= 0.6 is 0 Å². The molecule has 24 heavy (non-hydrogen) atoms. The van der Waals surface area contributed by atoms with Gasteiger partial charge in [0, 0.05) is 40.0 Å². The second kappa shape index (κ2) is 5.81. The van der Waals surface area contributed by atoms with Crippen LogP contribution in [-0.2, 0) is 5.41 Å². The third kappa shape index (κ3) is 2.52. The van der Waals surface area contributed by atoms with Crippen LogP contribution in [0.3, 0.4) is 0 Å². The van der Waals surface area contributed by atoms with E-state index in [1.807, 2.05) is 37.3 Å². The van der Waals surface area contributed by atoms with E-state index in [2.05, 4.69) is 0 Å². The first-order chi connectivity index (χ1) is 11.4. The molecule has 0 bridgehead atoms. The molecule has 0 saturated carbocycles. The van der Waals surface area contributed by atoms with Crippen LogP contribution in [0, 0.1) is 0 Å². The van der Waals surface area contributed by atoms with Gasteiger partial charge in [-0.3, -0.25) is 0 Å². The number of rotatable bonds is 3. The lowest BCUT2D eigenvalue weighted by Gasteiger charge is -2.33. The van der Waals surface area contributed by atoms with E-state index in [4.69, 9.17) is 11.5 Å². The van der Waals surface area contributed by atoms with Crippen LogP contribution in [0.4, 0.5) is 11.4 Å². The second-order valence-electron chi connectivity index (χ2n) is 6.04. The highest BCUT2D eigenvalue weighted by Crippen LogP contribution is 2.46. The van der Waals surface area contributed by atoms with Crippen molar-refractivity contribution in [2.75, 3.05) is 11.5 Å². The largest absolute Gasteiger partial charge is 0.508 e. The Balaban J connectivity index is 2.33. The molecule has 4 nitrogen and oxygen atoms in total. The smallest absolute Gasteiger partial charge is 0.122 e. The highest BCUT2D eigenvalue weighted by atomic mass is 16.3. The minimum absolute atomic E-state index is 0.0811. The monoisotopic (exact) mass is 320 g/mol. The maximum Gasteiger partial charge on any atom is 0.122 e. The summed E-state index contributed by atoms with van der Waals surface area (Å²) in [6.07, 6.45) is 0. The van der Waals surface area contributed by atoms with Gasteiger partial charge in [-0.15, -0.1) is 0 Å². The third-order valence-corrected chi connectivity index (χ3v) is 4.47. The van der Waals surface area contributed by atoms with Crippen molar-refractivity contribution in [2.24, 2.45) is 0 Å². The summed E-state index contributed by atoms with van der Waals surface area (Å²) in [5, 5.41) is 21.0. The molecule has 122 valence electrons. The fourth-order valence-corrected chi connectivity index (χ4v) is 3.17. The number of benzene rings is 3. The molecule has 0 unspecified atom stereocenters. The Bertz CT molecular complexity index is 825. The predicted molar refractivity (Wildman–Crippen MR) is 97.0 cm³/mol. The van der Waals surface area contributed by atoms with Crippen LogP contribution in [-0.4, -0.2) is 10.2 Å². The summed E-state index contributed by atoms with van der Waals surface area (Å²) in [7, 11) is 0. The van der Waals surface area contributed by atoms with Gasteiger partial charge < -0.3 is 21.7 Å². The van der Waals surface area contributed by atoms with E-state index in [-0.39, 0.29) is 11.5 Å². The number of hydrogen-bond donors (Lipinski definition) is 4. The Hall–Kier alpha value is -3.14. The van der Waals surface area contributed by atoms with E-state index in [9.17, 15) is 10.2 Å². The lowest BCUT2D eigenvalue weighted by molar-refractivity contribution is 0.442. The van der Waals surface area contributed by atoms with Crippen molar-refractivity contribution in [3.63, 3.8) is 0 Å². The Labute approximate surface area is 141 Å². The number of hydrogen-bond acceptors (Lipinski definition) is 4. The van der Waals surface area contributed by atoms with Gasteiger partial charge in [0.2, 0.25) is 0 Å². The van der Waals surface area contributed by atoms with Crippen molar-refractivity contribution in [1.82, 2.24) is 0 Å². The number of anilines is 2. The quantitative estimate of drug-likeness (QED) is 0.438. The van der Waals surface area contributed by atoms with E-state index in [1.165, 1.54) is 12.1 Å². The van der Waals surface area contributed by atoms with Crippen molar-refractivity contribution >= 4 is 11.4 Å². The number of phenolic OH excluding ortho intramolecular Hbond substituents is 2. The first kappa shape index (κ1) is 15.7. The Morgan fingerprint density at radius 1 is 0.708 bits per heavy atom. The van der Waals surface area contributed by atoms with Gasteiger partial charge in [-0.25, -0.2) is 0 Å². The molecular formula is C20H20N2O2. The molecule has 0 amide bonds. The van der Waals surface area contributed by atoms with E-state index in [1.54, 1.807) is 24.3 Å². The van der Waals surface area contributed by atoms with E-state index < -0.39 is 5.41 Å². The Morgan fingerprint density at radius 3 is 1.58 bits per heavy atom. The summed E-state index contributed by atoms with van der Waals surface area (Å²) in [4.78, 5) is 0. The molecule has 3 aromatic carbocycles. The van der Waals surface area contributed by atoms with Crippen molar-refractivity contribution in [3.05, 3.63) is 83.4 Å². The lowest BCUT2D eigenvalue weighted by Crippen LogP contribution is -2.25. The van der Waals surface area contributed by atoms with Crippen molar-refractivity contribution < 1.29 is 10.2 Å². The molecule has 0 atom stereocenters. The second-order valence-corrected chi connectivity index (χ2v) is 6.04. The Kier molecular flexibility index (Phi) is 3.81. The van der Waals surface area contributed by atoms with Crippen LogP contribution in [0.25, 0.3) is 0 Å². The SMILES string of the molecule is CC(c1ccccc1)(c1ccc(N)cc1O)c1ccc(N)cc1O. The molecule has 6 N–H and O–H groups in total. The van der Waals surface area contributed by atoms with Gasteiger partial charge in [-0.1, -0.05) is 42.5 Å². The summed E-state index contributed by atoms with van der Waals surface area (Å²) >= 11 is 0. The standard InChI is InChI=1S/C20H20N2O2/c1-20(13-5-3-2-4-6-13,16-9-7-14(21)11-18(16)23)17-10-8-15(22)12-19(17)24/h2-12,23-24H,21-22H2,1H3. The fourth-order valence-electron chi connectivity index (χ4n) is 3.17. The molecule has 0 fully saturated rings. The molecule has 0 aromatic heterocycles. The summed E-state index contributed by atoms with van der Waals surface area (Å²) in [6, 6.07) is 19.8.